The first kappa shape index (κ1) is 18.5. The molecule has 0 spiro atoms. The van der Waals surface area contributed by atoms with E-state index < -0.39 is 11.6 Å². The van der Waals surface area contributed by atoms with E-state index in [0.717, 1.165) is 34.6 Å². The van der Waals surface area contributed by atoms with Crippen molar-refractivity contribution < 1.29 is 8.78 Å². The first-order valence-corrected chi connectivity index (χ1v) is 9.66. The van der Waals surface area contributed by atoms with Gasteiger partial charge in [0.25, 0.3) is 0 Å². The first-order chi connectivity index (χ1) is 14.5. The number of aromatic nitrogens is 3. The number of benzene rings is 2. The highest BCUT2D eigenvalue weighted by atomic mass is 35.5. The van der Waals surface area contributed by atoms with Gasteiger partial charge in [-0.1, -0.05) is 23.7 Å². The van der Waals surface area contributed by atoms with Crippen LogP contribution in [-0.2, 0) is 6.42 Å². The number of halogens is 3. The van der Waals surface area contributed by atoms with Gasteiger partial charge in [-0.15, -0.1) is 0 Å². The lowest BCUT2D eigenvalue weighted by Crippen LogP contribution is -2.37. The second-order valence-corrected chi connectivity index (χ2v) is 7.54. The van der Waals surface area contributed by atoms with Crippen molar-refractivity contribution in [1.82, 2.24) is 15.0 Å². The van der Waals surface area contributed by atoms with Crippen LogP contribution in [0.25, 0.3) is 10.9 Å². The summed E-state index contributed by atoms with van der Waals surface area (Å²) in [7, 11) is 0. The smallest absolute Gasteiger partial charge is 0.226 e. The zero-order valence-electron chi connectivity index (χ0n) is 15.5. The van der Waals surface area contributed by atoms with E-state index in [4.69, 9.17) is 16.9 Å². The highest BCUT2D eigenvalue weighted by Crippen LogP contribution is 2.41. The monoisotopic (exact) mass is 421 g/mol. The highest BCUT2D eigenvalue weighted by molar-refractivity contribution is 6.31. The van der Waals surface area contributed by atoms with Gasteiger partial charge in [-0.25, -0.2) is 18.7 Å². The molecule has 2 aromatic carbocycles. The molecule has 0 saturated carbocycles. The molecule has 5 rings (SSSR count). The summed E-state index contributed by atoms with van der Waals surface area (Å²) in [6.45, 7) is 0.546. The summed E-state index contributed by atoms with van der Waals surface area (Å²) < 4.78 is 28.0. The van der Waals surface area contributed by atoms with Gasteiger partial charge < -0.3 is 9.88 Å². The van der Waals surface area contributed by atoms with Crippen LogP contribution in [0.15, 0.2) is 48.8 Å². The molecular weight excluding hydrogens is 408 g/mol. The van der Waals surface area contributed by atoms with Crippen LogP contribution in [-0.4, -0.2) is 21.5 Å². The molecule has 5 nitrogen and oxygen atoms in total. The standard InChI is InChI=1S/C22H14ClF2N5/c23-14-7-17-16-5-6-30(22-27-10-15(24)11-28-22)21(13-3-1-12(9-26)2-4-13)20(16)29-19(17)18(25)8-14/h1-4,7-8,10-11,21,29H,5-6H2. The predicted octanol–water partition coefficient (Wildman–Crippen LogP) is 4.91. The van der Waals surface area contributed by atoms with E-state index >= 15 is 0 Å². The van der Waals surface area contributed by atoms with E-state index in [1.165, 1.54) is 6.07 Å². The molecule has 1 N–H and O–H groups in total. The third-order valence-corrected chi connectivity index (χ3v) is 5.59. The Morgan fingerprint density at radius 3 is 2.57 bits per heavy atom. The second kappa shape index (κ2) is 7.08. The molecule has 0 aliphatic carbocycles. The lowest BCUT2D eigenvalue weighted by Gasteiger charge is -2.36. The zero-order valence-corrected chi connectivity index (χ0v) is 16.3. The molecule has 2 aromatic heterocycles. The minimum Gasteiger partial charge on any atom is -0.354 e. The summed E-state index contributed by atoms with van der Waals surface area (Å²) in [5.74, 6) is -0.572. The largest absolute Gasteiger partial charge is 0.354 e. The molecule has 0 bridgehead atoms. The predicted molar refractivity (Wildman–Crippen MR) is 109 cm³/mol. The van der Waals surface area contributed by atoms with Gasteiger partial charge in [0, 0.05) is 22.6 Å². The summed E-state index contributed by atoms with van der Waals surface area (Å²) in [5.41, 5.74) is 3.58. The van der Waals surface area contributed by atoms with Crippen LogP contribution in [0.5, 0.6) is 0 Å². The molecular formula is C22H14ClF2N5. The third-order valence-electron chi connectivity index (χ3n) is 5.37. The van der Waals surface area contributed by atoms with E-state index in [-0.39, 0.29) is 6.04 Å². The first-order valence-electron chi connectivity index (χ1n) is 9.29. The Kier molecular flexibility index (Phi) is 4.37. The van der Waals surface area contributed by atoms with Crippen molar-refractivity contribution in [3.63, 3.8) is 0 Å². The number of nitriles is 1. The summed E-state index contributed by atoms with van der Waals surface area (Å²) in [6, 6.07) is 11.9. The topological polar surface area (TPSA) is 68.6 Å². The summed E-state index contributed by atoms with van der Waals surface area (Å²) >= 11 is 6.10. The van der Waals surface area contributed by atoms with Crippen molar-refractivity contribution in [2.75, 3.05) is 11.4 Å². The molecule has 0 amide bonds. The van der Waals surface area contributed by atoms with Gasteiger partial charge in [0.05, 0.1) is 35.6 Å². The zero-order chi connectivity index (χ0) is 20.8. The number of rotatable bonds is 2. The Labute approximate surface area is 175 Å². The molecule has 148 valence electrons. The second-order valence-electron chi connectivity index (χ2n) is 7.11. The number of H-pyrrole nitrogens is 1. The van der Waals surface area contributed by atoms with Gasteiger partial charge in [0.1, 0.15) is 5.82 Å². The van der Waals surface area contributed by atoms with Crippen LogP contribution in [0.1, 0.15) is 28.4 Å². The van der Waals surface area contributed by atoms with E-state index in [1.807, 2.05) is 17.0 Å². The van der Waals surface area contributed by atoms with E-state index in [1.54, 1.807) is 18.2 Å². The van der Waals surface area contributed by atoms with Gasteiger partial charge >= 0.3 is 0 Å². The van der Waals surface area contributed by atoms with Crippen LogP contribution < -0.4 is 4.90 Å². The fourth-order valence-electron chi connectivity index (χ4n) is 4.07. The number of aromatic amines is 1. The minimum atomic E-state index is -0.520. The Balaban J connectivity index is 1.72. The van der Waals surface area contributed by atoms with Gasteiger partial charge in [-0.3, -0.25) is 0 Å². The fourth-order valence-corrected chi connectivity index (χ4v) is 4.27. The SMILES string of the molecule is N#Cc1ccc(C2c3[nH]c4c(F)cc(Cl)cc4c3CCN2c2ncc(F)cn2)cc1. The summed E-state index contributed by atoms with van der Waals surface area (Å²) in [5, 5.41) is 10.2. The van der Waals surface area contributed by atoms with Crippen molar-refractivity contribution in [3.05, 3.63) is 87.8 Å². The van der Waals surface area contributed by atoms with Gasteiger partial charge in [-0.05, 0) is 41.8 Å². The van der Waals surface area contributed by atoms with Crippen molar-refractivity contribution in [3.8, 4) is 6.07 Å². The van der Waals surface area contributed by atoms with E-state index in [0.29, 0.717) is 35.0 Å². The van der Waals surface area contributed by atoms with Crippen LogP contribution in [0.2, 0.25) is 5.02 Å². The van der Waals surface area contributed by atoms with Crippen LogP contribution >= 0.6 is 11.6 Å². The van der Waals surface area contributed by atoms with Crippen LogP contribution in [0, 0.1) is 23.0 Å². The molecule has 1 aliphatic heterocycles. The number of nitrogens with one attached hydrogen (secondary N) is 1. The average Bonchev–Trinajstić information content (AvgIpc) is 3.13. The summed E-state index contributed by atoms with van der Waals surface area (Å²) in [6.07, 6.45) is 2.86. The van der Waals surface area contributed by atoms with E-state index in [2.05, 4.69) is 21.0 Å². The Morgan fingerprint density at radius 1 is 1.13 bits per heavy atom. The lowest BCUT2D eigenvalue weighted by molar-refractivity contribution is 0.595. The molecule has 1 unspecified atom stereocenters. The third kappa shape index (κ3) is 2.97. The van der Waals surface area contributed by atoms with Crippen LogP contribution in [0.4, 0.5) is 14.7 Å². The van der Waals surface area contributed by atoms with Crippen molar-refractivity contribution >= 4 is 28.5 Å². The average molecular weight is 422 g/mol. The molecule has 4 aromatic rings. The molecule has 0 radical (unpaired) electrons. The molecule has 8 heteroatoms. The van der Waals surface area contributed by atoms with Gasteiger partial charge in [0.2, 0.25) is 5.95 Å². The molecule has 1 atom stereocenters. The maximum absolute atomic E-state index is 14.6. The number of fused-ring (bicyclic) bond motifs is 3. The molecule has 30 heavy (non-hydrogen) atoms. The van der Waals surface area contributed by atoms with Crippen molar-refractivity contribution in [2.45, 2.75) is 12.5 Å². The fraction of sp³-hybridized carbons (Fsp3) is 0.136. The molecule has 1 aliphatic rings. The lowest BCUT2D eigenvalue weighted by atomic mass is 9.92. The van der Waals surface area contributed by atoms with Crippen molar-refractivity contribution in [2.24, 2.45) is 0 Å². The number of hydrogen-bond donors (Lipinski definition) is 1. The highest BCUT2D eigenvalue weighted by Gasteiger charge is 2.34. The minimum absolute atomic E-state index is 0.334. The number of nitrogens with zero attached hydrogens (tertiary/aromatic N) is 4. The molecule has 0 saturated heterocycles. The Morgan fingerprint density at radius 2 is 1.87 bits per heavy atom. The molecule has 3 heterocycles. The Hall–Kier alpha value is -3.50. The van der Waals surface area contributed by atoms with Crippen LogP contribution in [0.3, 0.4) is 0 Å². The summed E-state index contributed by atoms with van der Waals surface area (Å²) in [4.78, 5) is 13.5. The van der Waals surface area contributed by atoms with Crippen molar-refractivity contribution in [1.29, 1.82) is 5.26 Å². The Bertz CT molecular complexity index is 1290. The van der Waals surface area contributed by atoms with Gasteiger partial charge in [-0.2, -0.15) is 5.26 Å². The maximum atomic E-state index is 14.6. The quantitative estimate of drug-likeness (QED) is 0.499. The normalized spacial score (nSPS) is 15.8. The number of hydrogen-bond acceptors (Lipinski definition) is 4. The van der Waals surface area contributed by atoms with Gasteiger partial charge in [0.15, 0.2) is 5.82 Å². The van der Waals surface area contributed by atoms with E-state index in [9.17, 15) is 8.78 Å². The maximum Gasteiger partial charge on any atom is 0.226 e. The number of anilines is 1. The molecule has 0 fully saturated rings.